The van der Waals surface area contributed by atoms with Crippen LogP contribution in [-0.4, -0.2) is 39.9 Å². The average molecular weight is 411 g/mol. The fraction of sp³-hybridized carbons (Fsp3) is 0.182. The minimum absolute atomic E-state index is 0.0378. The van der Waals surface area contributed by atoms with Crippen molar-refractivity contribution in [2.75, 3.05) is 13.2 Å². The molecule has 0 aliphatic rings. The van der Waals surface area contributed by atoms with Crippen LogP contribution in [0.25, 0.3) is 5.69 Å². The third-order valence-electron chi connectivity index (χ3n) is 4.11. The highest BCUT2D eigenvalue weighted by atomic mass is 16.5. The molecule has 2 N–H and O–H groups in total. The van der Waals surface area contributed by atoms with Gasteiger partial charge in [0, 0.05) is 6.07 Å². The first kappa shape index (κ1) is 20.8. The molecular weight excluding hydrogens is 390 g/mol. The summed E-state index contributed by atoms with van der Waals surface area (Å²) >= 11 is 0. The number of carbonyl (C=O) groups excluding carboxylic acids is 2. The fourth-order valence-corrected chi connectivity index (χ4v) is 2.89. The topological polar surface area (TPSA) is 107 Å². The van der Waals surface area contributed by atoms with E-state index in [1.54, 1.807) is 50.2 Å². The van der Waals surface area contributed by atoms with Crippen molar-refractivity contribution >= 4 is 11.9 Å². The summed E-state index contributed by atoms with van der Waals surface area (Å²) in [5.41, 5.74) is -0.506. The molecule has 0 spiro atoms. The number of nitrogens with zero attached hydrogens (tertiary/aromatic N) is 1. The van der Waals surface area contributed by atoms with Gasteiger partial charge >= 0.3 is 11.9 Å². The van der Waals surface area contributed by atoms with Crippen LogP contribution in [0.15, 0.2) is 54.6 Å². The molecule has 0 aliphatic carbocycles. The van der Waals surface area contributed by atoms with Gasteiger partial charge in [0.2, 0.25) is 0 Å². The SMILES string of the molecule is CCOC(=O)c1c(O)c(O)c(C(=O)OCC)n1-c1cccc(Oc2ccccc2)c1. The van der Waals surface area contributed by atoms with Gasteiger partial charge in [0.1, 0.15) is 11.5 Å². The van der Waals surface area contributed by atoms with Crippen molar-refractivity contribution in [1.82, 2.24) is 4.57 Å². The number of carbonyl (C=O) groups is 2. The lowest BCUT2D eigenvalue weighted by molar-refractivity contribution is 0.0507. The van der Waals surface area contributed by atoms with Gasteiger partial charge in [-0.05, 0) is 38.1 Å². The summed E-state index contributed by atoms with van der Waals surface area (Å²) in [6.45, 7) is 3.28. The van der Waals surface area contributed by atoms with Crippen LogP contribution in [0.5, 0.6) is 23.0 Å². The van der Waals surface area contributed by atoms with Gasteiger partial charge in [0.05, 0.1) is 18.9 Å². The highest BCUT2D eigenvalue weighted by Crippen LogP contribution is 2.39. The van der Waals surface area contributed by atoms with Crippen LogP contribution >= 0.6 is 0 Å². The van der Waals surface area contributed by atoms with Crippen molar-refractivity contribution in [2.24, 2.45) is 0 Å². The maximum Gasteiger partial charge on any atom is 0.359 e. The highest BCUT2D eigenvalue weighted by molar-refractivity contribution is 6.00. The van der Waals surface area contributed by atoms with E-state index in [0.717, 1.165) is 4.57 Å². The van der Waals surface area contributed by atoms with Crippen molar-refractivity contribution in [1.29, 1.82) is 0 Å². The van der Waals surface area contributed by atoms with Gasteiger partial charge in [-0.3, -0.25) is 4.57 Å². The number of hydrogen-bond acceptors (Lipinski definition) is 7. The molecule has 0 aliphatic heterocycles. The van der Waals surface area contributed by atoms with E-state index in [4.69, 9.17) is 14.2 Å². The molecule has 0 unspecified atom stereocenters. The number of para-hydroxylation sites is 1. The normalized spacial score (nSPS) is 10.5. The summed E-state index contributed by atoms with van der Waals surface area (Å²) in [4.78, 5) is 25.0. The predicted molar refractivity (Wildman–Crippen MR) is 108 cm³/mol. The number of aromatic nitrogens is 1. The second-order valence-electron chi connectivity index (χ2n) is 6.08. The first-order valence-corrected chi connectivity index (χ1v) is 9.32. The fourth-order valence-electron chi connectivity index (χ4n) is 2.89. The Morgan fingerprint density at radius 2 is 1.33 bits per heavy atom. The van der Waals surface area contributed by atoms with E-state index in [9.17, 15) is 19.8 Å². The zero-order valence-corrected chi connectivity index (χ0v) is 16.5. The Morgan fingerprint density at radius 3 is 1.87 bits per heavy atom. The summed E-state index contributed by atoms with van der Waals surface area (Å²) < 4.78 is 16.9. The number of ether oxygens (including phenoxy) is 3. The van der Waals surface area contributed by atoms with Crippen molar-refractivity contribution in [2.45, 2.75) is 13.8 Å². The molecule has 0 radical (unpaired) electrons. The van der Waals surface area contributed by atoms with Gasteiger partial charge in [-0.25, -0.2) is 9.59 Å². The molecule has 1 heterocycles. The van der Waals surface area contributed by atoms with Gasteiger partial charge in [0.15, 0.2) is 22.9 Å². The minimum atomic E-state index is -0.907. The summed E-state index contributed by atoms with van der Waals surface area (Å²) in [5.74, 6) is -2.36. The summed E-state index contributed by atoms with van der Waals surface area (Å²) in [5, 5.41) is 20.7. The first-order chi connectivity index (χ1) is 14.5. The zero-order chi connectivity index (χ0) is 21.7. The third kappa shape index (κ3) is 4.07. The molecule has 30 heavy (non-hydrogen) atoms. The van der Waals surface area contributed by atoms with Crippen LogP contribution in [0.3, 0.4) is 0 Å². The number of esters is 2. The lowest BCUT2D eigenvalue weighted by atomic mass is 10.2. The third-order valence-corrected chi connectivity index (χ3v) is 4.11. The molecule has 3 aromatic rings. The summed E-state index contributed by atoms with van der Waals surface area (Å²) in [7, 11) is 0. The van der Waals surface area contributed by atoms with Crippen molar-refractivity contribution in [3.05, 3.63) is 66.0 Å². The van der Waals surface area contributed by atoms with Gasteiger partial charge in [0.25, 0.3) is 0 Å². The summed E-state index contributed by atoms with van der Waals surface area (Å²) in [6, 6.07) is 15.5. The second kappa shape index (κ2) is 9.04. The van der Waals surface area contributed by atoms with E-state index >= 15 is 0 Å². The molecule has 156 valence electrons. The molecule has 8 nitrogen and oxygen atoms in total. The molecule has 2 aromatic carbocycles. The van der Waals surface area contributed by atoms with Crippen LogP contribution in [0.1, 0.15) is 34.8 Å². The Balaban J connectivity index is 2.16. The molecule has 0 atom stereocenters. The van der Waals surface area contributed by atoms with E-state index in [2.05, 4.69) is 0 Å². The van der Waals surface area contributed by atoms with Gasteiger partial charge in [-0.1, -0.05) is 24.3 Å². The smallest absolute Gasteiger partial charge is 0.359 e. The quantitative estimate of drug-likeness (QED) is 0.565. The van der Waals surface area contributed by atoms with Crippen LogP contribution in [0.4, 0.5) is 0 Å². The molecule has 1 aromatic heterocycles. The molecule has 0 fully saturated rings. The van der Waals surface area contributed by atoms with Crippen LogP contribution in [0, 0.1) is 0 Å². The summed E-state index contributed by atoms with van der Waals surface area (Å²) in [6.07, 6.45) is 0. The van der Waals surface area contributed by atoms with E-state index in [0.29, 0.717) is 11.5 Å². The second-order valence-corrected chi connectivity index (χ2v) is 6.08. The Hall–Kier alpha value is -3.94. The molecule has 8 heteroatoms. The molecular formula is C22H21NO7. The number of aromatic hydroxyl groups is 2. The lowest BCUT2D eigenvalue weighted by Gasteiger charge is -2.13. The maximum atomic E-state index is 12.5. The van der Waals surface area contributed by atoms with Crippen LogP contribution in [-0.2, 0) is 9.47 Å². The van der Waals surface area contributed by atoms with E-state index in [1.165, 1.54) is 0 Å². The van der Waals surface area contributed by atoms with Gasteiger partial charge < -0.3 is 24.4 Å². The van der Waals surface area contributed by atoms with Crippen molar-refractivity contribution < 1.29 is 34.0 Å². The average Bonchev–Trinajstić information content (AvgIpc) is 3.00. The standard InChI is InChI=1S/C22H21NO7/c1-3-28-21(26)17-19(24)20(25)18(22(27)29-4-2)23(17)14-9-8-12-16(13-14)30-15-10-6-5-7-11-15/h5-13,24-25H,3-4H2,1-2H3. The predicted octanol–water partition coefficient (Wildman–Crippen LogP) is 4.03. The minimum Gasteiger partial charge on any atom is -0.503 e. The number of hydrogen-bond donors (Lipinski definition) is 2. The van der Waals surface area contributed by atoms with Crippen molar-refractivity contribution in [3.63, 3.8) is 0 Å². The number of rotatable bonds is 7. The van der Waals surface area contributed by atoms with E-state index in [-0.39, 0.29) is 18.9 Å². The van der Waals surface area contributed by atoms with Crippen molar-refractivity contribution in [3.8, 4) is 28.7 Å². The highest BCUT2D eigenvalue weighted by Gasteiger charge is 2.33. The largest absolute Gasteiger partial charge is 0.503 e. The monoisotopic (exact) mass is 411 g/mol. The molecule has 3 rings (SSSR count). The molecule has 0 amide bonds. The Bertz CT molecular complexity index is 1020. The van der Waals surface area contributed by atoms with E-state index < -0.39 is 34.8 Å². The number of benzene rings is 2. The Morgan fingerprint density at radius 1 is 0.800 bits per heavy atom. The Labute approximate surface area is 172 Å². The Kier molecular flexibility index (Phi) is 6.26. The van der Waals surface area contributed by atoms with Crippen LogP contribution < -0.4 is 4.74 Å². The van der Waals surface area contributed by atoms with Gasteiger partial charge in [-0.2, -0.15) is 0 Å². The van der Waals surface area contributed by atoms with Crippen LogP contribution in [0.2, 0.25) is 0 Å². The van der Waals surface area contributed by atoms with Gasteiger partial charge in [-0.15, -0.1) is 0 Å². The first-order valence-electron chi connectivity index (χ1n) is 9.32. The zero-order valence-electron chi connectivity index (χ0n) is 16.5. The van der Waals surface area contributed by atoms with E-state index in [1.807, 2.05) is 18.2 Å². The lowest BCUT2D eigenvalue weighted by Crippen LogP contribution is -2.16. The molecule has 0 saturated carbocycles. The molecule has 0 bridgehead atoms. The maximum absolute atomic E-state index is 12.5. The molecule has 0 saturated heterocycles.